The molecule has 0 spiro atoms. The van der Waals surface area contributed by atoms with Gasteiger partial charge in [-0.25, -0.2) is 4.98 Å². The molecule has 0 saturated carbocycles. The topological polar surface area (TPSA) is 64.1 Å². The van der Waals surface area contributed by atoms with Crippen molar-refractivity contribution in [3.05, 3.63) is 18.2 Å². The van der Waals surface area contributed by atoms with Crippen molar-refractivity contribution >= 4 is 0 Å². The zero-order valence-electron chi connectivity index (χ0n) is 7.27. The molecule has 1 aromatic heterocycles. The molecule has 0 aliphatic rings. The predicted octanol–water partition coefficient (Wildman–Crippen LogP) is -0.235. The molecule has 1 atom stereocenters. The molecular weight excluding hydrogens is 154 g/mol. The average Bonchev–Trinajstić information content (AvgIpc) is 2.51. The van der Waals surface area contributed by atoms with E-state index in [2.05, 4.69) is 11.9 Å². The molecule has 0 aliphatic carbocycles. The summed E-state index contributed by atoms with van der Waals surface area (Å²) < 4.78 is 2.02. The van der Waals surface area contributed by atoms with Crippen LogP contribution < -0.4 is 5.73 Å². The molecule has 4 heteroatoms. The van der Waals surface area contributed by atoms with Gasteiger partial charge in [-0.3, -0.25) is 0 Å². The van der Waals surface area contributed by atoms with Crippen LogP contribution in [0.15, 0.2) is 12.4 Å². The van der Waals surface area contributed by atoms with Crippen molar-refractivity contribution in [2.75, 3.05) is 6.61 Å². The number of aromatic nitrogens is 2. The minimum absolute atomic E-state index is 0.0105. The lowest BCUT2D eigenvalue weighted by molar-refractivity contribution is 0.263. The Morgan fingerprint density at radius 2 is 2.50 bits per heavy atom. The first-order valence-corrected chi connectivity index (χ1v) is 4.14. The normalized spacial score (nSPS) is 13.2. The van der Waals surface area contributed by atoms with Gasteiger partial charge in [0.15, 0.2) is 0 Å². The number of aryl methyl sites for hydroxylation is 1. The van der Waals surface area contributed by atoms with Crippen molar-refractivity contribution in [2.24, 2.45) is 5.73 Å². The first-order chi connectivity index (χ1) is 5.77. The van der Waals surface area contributed by atoms with Crippen LogP contribution in [0, 0.1) is 0 Å². The molecular formula is C8H15N3O. The fraction of sp³-hybridized carbons (Fsp3) is 0.625. The van der Waals surface area contributed by atoms with Crippen LogP contribution in [-0.4, -0.2) is 27.3 Å². The van der Waals surface area contributed by atoms with Gasteiger partial charge in [0.25, 0.3) is 0 Å². The van der Waals surface area contributed by atoms with Crippen LogP contribution in [0.25, 0.3) is 0 Å². The van der Waals surface area contributed by atoms with Gasteiger partial charge in [0.05, 0.1) is 6.61 Å². The number of hydrogen-bond donors (Lipinski definition) is 2. The third-order valence-electron chi connectivity index (χ3n) is 1.82. The Kier molecular flexibility index (Phi) is 3.25. The van der Waals surface area contributed by atoms with E-state index in [9.17, 15) is 0 Å². The summed E-state index contributed by atoms with van der Waals surface area (Å²) in [6.07, 6.45) is 4.31. The number of nitrogens with zero attached hydrogens (tertiary/aromatic N) is 2. The van der Waals surface area contributed by atoms with Gasteiger partial charge in [0.2, 0.25) is 0 Å². The summed E-state index contributed by atoms with van der Waals surface area (Å²) in [4.78, 5) is 4.15. The van der Waals surface area contributed by atoms with E-state index in [1.54, 1.807) is 6.20 Å². The molecule has 1 aromatic rings. The molecule has 1 unspecified atom stereocenters. The highest BCUT2D eigenvalue weighted by atomic mass is 16.3. The van der Waals surface area contributed by atoms with Gasteiger partial charge in [0, 0.05) is 31.4 Å². The van der Waals surface area contributed by atoms with Gasteiger partial charge in [-0.1, -0.05) is 0 Å². The van der Waals surface area contributed by atoms with Crippen LogP contribution in [0.3, 0.4) is 0 Å². The standard InChI is InChI=1S/C8H15N3O/c1-2-11-4-3-10-8(11)5-7(9)6-12/h3-4,7,12H,2,5-6,9H2,1H3. The molecule has 68 valence electrons. The summed E-state index contributed by atoms with van der Waals surface area (Å²) in [5.41, 5.74) is 5.58. The summed E-state index contributed by atoms with van der Waals surface area (Å²) in [6.45, 7) is 2.96. The van der Waals surface area contributed by atoms with Gasteiger partial charge in [-0.15, -0.1) is 0 Å². The molecule has 1 heterocycles. The fourth-order valence-corrected chi connectivity index (χ4v) is 1.12. The molecule has 0 fully saturated rings. The van der Waals surface area contributed by atoms with Crippen molar-refractivity contribution in [3.63, 3.8) is 0 Å². The number of rotatable bonds is 4. The maximum Gasteiger partial charge on any atom is 0.110 e. The predicted molar refractivity (Wildman–Crippen MR) is 46.7 cm³/mol. The average molecular weight is 169 g/mol. The summed E-state index contributed by atoms with van der Waals surface area (Å²) in [5.74, 6) is 0.944. The third kappa shape index (κ3) is 2.06. The molecule has 3 N–H and O–H groups in total. The van der Waals surface area contributed by atoms with E-state index >= 15 is 0 Å². The second kappa shape index (κ2) is 4.23. The Labute approximate surface area is 72.0 Å². The van der Waals surface area contributed by atoms with E-state index in [-0.39, 0.29) is 12.6 Å². The monoisotopic (exact) mass is 169 g/mol. The Hall–Kier alpha value is -0.870. The number of imidazole rings is 1. The highest BCUT2D eigenvalue weighted by Gasteiger charge is 2.06. The van der Waals surface area contributed by atoms with E-state index in [4.69, 9.17) is 10.8 Å². The molecule has 0 radical (unpaired) electrons. The summed E-state index contributed by atoms with van der Waals surface area (Å²) >= 11 is 0. The third-order valence-corrected chi connectivity index (χ3v) is 1.82. The number of aliphatic hydroxyl groups excluding tert-OH is 1. The van der Waals surface area contributed by atoms with E-state index in [0.29, 0.717) is 6.42 Å². The Balaban J connectivity index is 2.61. The first kappa shape index (κ1) is 9.22. The van der Waals surface area contributed by atoms with Crippen LogP contribution >= 0.6 is 0 Å². The number of nitrogens with two attached hydrogens (primary N) is 1. The first-order valence-electron chi connectivity index (χ1n) is 4.14. The Morgan fingerprint density at radius 3 is 3.08 bits per heavy atom. The van der Waals surface area contributed by atoms with E-state index in [1.165, 1.54) is 0 Å². The minimum atomic E-state index is -0.197. The quantitative estimate of drug-likeness (QED) is 0.654. The van der Waals surface area contributed by atoms with E-state index < -0.39 is 0 Å². The van der Waals surface area contributed by atoms with Crippen LogP contribution in [0.4, 0.5) is 0 Å². The SMILES string of the molecule is CCn1ccnc1CC(N)CO. The van der Waals surface area contributed by atoms with Crippen molar-refractivity contribution in [2.45, 2.75) is 25.9 Å². The minimum Gasteiger partial charge on any atom is -0.395 e. The van der Waals surface area contributed by atoms with Crippen molar-refractivity contribution in [3.8, 4) is 0 Å². The lowest BCUT2D eigenvalue weighted by Gasteiger charge is -2.08. The molecule has 0 amide bonds. The number of hydrogen-bond acceptors (Lipinski definition) is 3. The van der Waals surface area contributed by atoms with Gasteiger partial charge in [-0.05, 0) is 6.92 Å². The summed E-state index contributed by atoms with van der Waals surface area (Å²) in [7, 11) is 0. The largest absolute Gasteiger partial charge is 0.395 e. The molecule has 4 nitrogen and oxygen atoms in total. The second-order valence-corrected chi connectivity index (χ2v) is 2.78. The maximum absolute atomic E-state index is 8.74. The molecule has 0 aliphatic heterocycles. The second-order valence-electron chi connectivity index (χ2n) is 2.78. The van der Waals surface area contributed by atoms with Crippen molar-refractivity contribution in [1.82, 2.24) is 9.55 Å². The van der Waals surface area contributed by atoms with Gasteiger partial charge < -0.3 is 15.4 Å². The Bertz CT molecular complexity index is 234. The van der Waals surface area contributed by atoms with Crippen LogP contribution in [-0.2, 0) is 13.0 Å². The van der Waals surface area contributed by atoms with Gasteiger partial charge >= 0.3 is 0 Å². The van der Waals surface area contributed by atoms with Crippen LogP contribution in [0.5, 0.6) is 0 Å². The smallest absolute Gasteiger partial charge is 0.110 e. The highest BCUT2D eigenvalue weighted by molar-refractivity contribution is 4.94. The lowest BCUT2D eigenvalue weighted by Crippen LogP contribution is -2.28. The van der Waals surface area contributed by atoms with Crippen molar-refractivity contribution < 1.29 is 5.11 Å². The zero-order valence-corrected chi connectivity index (χ0v) is 7.27. The molecule has 1 rings (SSSR count). The van der Waals surface area contributed by atoms with Gasteiger partial charge in [-0.2, -0.15) is 0 Å². The van der Waals surface area contributed by atoms with E-state index in [0.717, 1.165) is 12.4 Å². The molecule has 0 saturated heterocycles. The van der Waals surface area contributed by atoms with Gasteiger partial charge in [0.1, 0.15) is 5.82 Å². The fourth-order valence-electron chi connectivity index (χ4n) is 1.12. The lowest BCUT2D eigenvalue weighted by atomic mass is 10.2. The summed E-state index contributed by atoms with van der Waals surface area (Å²) in [5, 5.41) is 8.74. The maximum atomic E-state index is 8.74. The molecule has 12 heavy (non-hydrogen) atoms. The highest BCUT2D eigenvalue weighted by Crippen LogP contribution is 1.99. The zero-order chi connectivity index (χ0) is 8.97. The molecule has 0 bridgehead atoms. The number of aliphatic hydroxyl groups is 1. The molecule has 0 aromatic carbocycles. The van der Waals surface area contributed by atoms with Crippen molar-refractivity contribution in [1.29, 1.82) is 0 Å². The van der Waals surface area contributed by atoms with Crippen LogP contribution in [0.2, 0.25) is 0 Å². The Morgan fingerprint density at radius 1 is 1.75 bits per heavy atom. The van der Waals surface area contributed by atoms with Crippen LogP contribution in [0.1, 0.15) is 12.7 Å². The summed E-state index contributed by atoms with van der Waals surface area (Å²) in [6, 6.07) is -0.197. The van der Waals surface area contributed by atoms with E-state index in [1.807, 2.05) is 10.8 Å².